The fraction of sp³-hybridized carbons (Fsp3) is 0.464. The number of urea groups is 1. The van der Waals surface area contributed by atoms with Gasteiger partial charge in [-0.05, 0) is 61.8 Å². The Hall–Kier alpha value is -3.45. The van der Waals surface area contributed by atoms with E-state index in [0.717, 1.165) is 13.0 Å². The van der Waals surface area contributed by atoms with Gasteiger partial charge in [-0.15, -0.1) is 0 Å². The molecule has 1 heterocycles. The second-order valence-electron chi connectivity index (χ2n) is 9.58. The number of hydrogen-bond donors (Lipinski definition) is 3. The van der Waals surface area contributed by atoms with Gasteiger partial charge >= 0.3 is 6.03 Å². The first-order valence-corrected chi connectivity index (χ1v) is 13.3. The van der Waals surface area contributed by atoms with Gasteiger partial charge in [0.2, 0.25) is 5.91 Å². The van der Waals surface area contributed by atoms with Crippen LogP contribution in [0.5, 0.6) is 0 Å². The summed E-state index contributed by atoms with van der Waals surface area (Å²) in [6.45, 7) is 1.69. The Kier molecular flexibility index (Phi) is 12.4. The number of carbonyl (C=O) groups is 3. The summed E-state index contributed by atoms with van der Waals surface area (Å²) in [4.78, 5) is 39.7. The zero-order chi connectivity index (χ0) is 28.9. The number of benzene rings is 2. The molecule has 1 unspecified atom stereocenters. The van der Waals surface area contributed by atoms with E-state index in [4.69, 9.17) is 4.74 Å². The van der Waals surface area contributed by atoms with Gasteiger partial charge in [-0.2, -0.15) is 0 Å². The number of halogens is 2. The van der Waals surface area contributed by atoms with Gasteiger partial charge in [-0.25, -0.2) is 23.6 Å². The Morgan fingerprint density at radius 3 is 2.65 bits per heavy atom. The number of carbonyl (C=O) groups excluding carboxylic acids is 3. The fourth-order valence-electron chi connectivity index (χ4n) is 4.50. The minimum atomic E-state index is -0.626. The highest BCUT2D eigenvalue weighted by molar-refractivity contribution is 5.83. The van der Waals surface area contributed by atoms with E-state index in [1.807, 2.05) is 7.05 Å². The van der Waals surface area contributed by atoms with Crippen molar-refractivity contribution >= 4 is 18.2 Å². The highest BCUT2D eigenvalue weighted by atomic mass is 19.1. The summed E-state index contributed by atoms with van der Waals surface area (Å²) in [5, 5.41) is 12.1. The molecule has 12 heteroatoms. The van der Waals surface area contributed by atoms with E-state index in [-0.39, 0.29) is 56.9 Å². The van der Waals surface area contributed by atoms with Crippen molar-refractivity contribution < 1.29 is 27.9 Å². The third kappa shape index (κ3) is 9.33. The van der Waals surface area contributed by atoms with Crippen molar-refractivity contribution in [3.8, 4) is 0 Å². The molecule has 218 valence electrons. The van der Waals surface area contributed by atoms with Crippen LogP contribution in [0.25, 0.3) is 0 Å². The number of hydrogen-bond acceptors (Lipinski definition) is 7. The lowest BCUT2D eigenvalue weighted by Crippen LogP contribution is -2.69. The molecule has 0 aliphatic carbocycles. The second-order valence-corrected chi connectivity index (χ2v) is 9.58. The van der Waals surface area contributed by atoms with Gasteiger partial charge in [-0.1, -0.05) is 24.3 Å². The van der Waals surface area contributed by atoms with Crippen molar-refractivity contribution in [3.05, 3.63) is 71.3 Å². The Morgan fingerprint density at radius 2 is 1.95 bits per heavy atom. The van der Waals surface area contributed by atoms with E-state index in [1.54, 1.807) is 36.2 Å². The minimum absolute atomic E-state index is 0.0444. The van der Waals surface area contributed by atoms with Crippen LogP contribution < -0.4 is 16.0 Å². The van der Waals surface area contributed by atoms with Gasteiger partial charge in [0.05, 0.1) is 32.3 Å². The van der Waals surface area contributed by atoms with Gasteiger partial charge in [0.1, 0.15) is 24.1 Å². The molecule has 3 rings (SSSR count). The molecule has 0 saturated carbocycles. The fourth-order valence-corrected chi connectivity index (χ4v) is 4.50. The van der Waals surface area contributed by atoms with Gasteiger partial charge < -0.3 is 25.1 Å². The molecule has 0 aromatic heterocycles. The molecular formula is C28H38F2N6O4. The zero-order valence-corrected chi connectivity index (χ0v) is 22.9. The average Bonchev–Trinajstić information content (AvgIpc) is 2.93. The normalized spacial score (nSPS) is 17.2. The minimum Gasteiger partial charge on any atom is -0.375 e. The van der Waals surface area contributed by atoms with Gasteiger partial charge in [0.15, 0.2) is 0 Å². The van der Waals surface area contributed by atoms with Crippen LogP contribution in [0.2, 0.25) is 0 Å². The first-order valence-electron chi connectivity index (χ1n) is 13.3. The summed E-state index contributed by atoms with van der Waals surface area (Å²) in [5.74, 6) is -0.822. The van der Waals surface area contributed by atoms with Crippen molar-refractivity contribution in [1.82, 2.24) is 30.9 Å². The predicted octanol–water partition coefficient (Wildman–Crippen LogP) is 1.87. The quantitative estimate of drug-likeness (QED) is 0.174. The first-order chi connectivity index (χ1) is 19.3. The van der Waals surface area contributed by atoms with Crippen molar-refractivity contribution in [1.29, 1.82) is 0 Å². The lowest BCUT2D eigenvalue weighted by molar-refractivity contribution is -0.144. The van der Waals surface area contributed by atoms with E-state index in [1.165, 1.54) is 34.3 Å². The van der Waals surface area contributed by atoms with Crippen molar-refractivity contribution in [3.63, 3.8) is 0 Å². The molecule has 0 spiro atoms. The highest BCUT2D eigenvalue weighted by Gasteiger charge is 2.39. The summed E-state index contributed by atoms with van der Waals surface area (Å²) in [7, 11) is 3.45. The number of piperazine rings is 1. The molecule has 0 bridgehead atoms. The summed E-state index contributed by atoms with van der Waals surface area (Å²) in [6, 6.07) is 10.9. The molecule has 2 atom stereocenters. The maximum Gasteiger partial charge on any atom is 0.333 e. The van der Waals surface area contributed by atoms with Crippen LogP contribution in [0.3, 0.4) is 0 Å². The number of nitrogens with one attached hydrogen (secondary N) is 3. The number of rotatable bonds is 15. The number of likely N-dealkylation sites (N-methyl/N-ethyl adjacent to an activating group) is 1. The third-order valence-electron chi connectivity index (χ3n) is 6.55. The molecule has 3 amide bonds. The molecule has 3 N–H and O–H groups in total. The van der Waals surface area contributed by atoms with Crippen LogP contribution in [0.15, 0.2) is 48.5 Å². The average molecular weight is 561 g/mol. The molecule has 2 aromatic rings. The number of ether oxygens (including phenoxy) is 1. The van der Waals surface area contributed by atoms with Crippen LogP contribution in [0.4, 0.5) is 13.6 Å². The summed E-state index contributed by atoms with van der Waals surface area (Å²) in [5.41, 5.74) is 1.40. The van der Waals surface area contributed by atoms with Gasteiger partial charge in [-0.3, -0.25) is 10.1 Å². The second kappa shape index (κ2) is 16.0. The molecule has 1 fully saturated rings. The molecule has 1 saturated heterocycles. The first kappa shape index (κ1) is 31.1. The van der Waals surface area contributed by atoms with Crippen LogP contribution in [0.1, 0.15) is 24.0 Å². The standard InChI is InChI=1S/C28H38F2N6O4/c1-31-12-4-7-25-27(38)35(14-16-40-20-22-5-3-6-24(30)17-22)19-26(33-25)36(34(2)13-15-37)28(39)32-18-21-8-10-23(29)11-9-21/h3,5-6,8-11,15,17,25-26,31,33H,4,7,12-14,16,18-20H2,1-2H3,(H,32,39)/t25-,26?/m0/s1. The predicted molar refractivity (Wildman–Crippen MR) is 146 cm³/mol. The van der Waals surface area contributed by atoms with Crippen LogP contribution in [-0.2, 0) is 27.5 Å². The van der Waals surface area contributed by atoms with Gasteiger partial charge in [0, 0.05) is 20.1 Å². The molecule has 2 aromatic carbocycles. The number of hydrazine groups is 1. The summed E-state index contributed by atoms with van der Waals surface area (Å²) in [6.07, 6.45) is 1.34. The van der Waals surface area contributed by atoms with Crippen LogP contribution in [-0.4, -0.2) is 92.2 Å². The maximum atomic E-state index is 13.5. The third-order valence-corrected chi connectivity index (χ3v) is 6.55. The molecule has 10 nitrogen and oxygen atoms in total. The number of nitrogens with zero attached hydrogens (tertiary/aromatic N) is 3. The van der Waals surface area contributed by atoms with Crippen molar-refractivity contribution in [2.45, 2.75) is 38.2 Å². The lowest BCUT2D eigenvalue weighted by Gasteiger charge is -2.45. The molecule has 40 heavy (non-hydrogen) atoms. The van der Waals surface area contributed by atoms with Crippen molar-refractivity contribution in [2.75, 3.05) is 46.9 Å². The Bertz CT molecular complexity index is 1110. The van der Waals surface area contributed by atoms with E-state index < -0.39 is 18.2 Å². The Labute approximate surface area is 233 Å². The summed E-state index contributed by atoms with van der Waals surface area (Å²) >= 11 is 0. The van der Waals surface area contributed by atoms with Crippen molar-refractivity contribution in [2.24, 2.45) is 0 Å². The van der Waals surface area contributed by atoms with Gasteiger partial charge in [0.25, 0.3) is 0 Å². The van der Waals surface area contributed by atoms with Crippen LogP contribution in [0, 0.1) is 11.6 Å². The van der Waals surface area contributed by atoms with E-state index in [9.17, 15) is 23.2 Å². The van der Waals surface area contributed by atoms with E-state index in [0.29, 0.717) is 23.8 Å². The highest BCUT2D eigenvalue weighted by Crippen LogP contribution is 2.16. The van der Waals surface area contributed by atoms with Crippen LogP contribution >= 0.6 is 0 Å². The number of amides is 3. The lowest BCUT2D eigenvalue weighted by atomic mass is 10.1. The monoisotopic (exact) mass is 560 g/mol. The largest absolute Gasteiger partial charge is 0.375 e. The Morgan fingerprint density at radius 1 is 1.18 bits per heavy atom. The SMILES string of the molecule is CNCCC[C@@H]1NC(N(C(=O)NCc2ccc(F)cc2)N(C)CC=O)CN(CCOCc2cccc(F)c2)C1=O. The Balaban J connectivity index is 1.71. The topological polar surface area (TPSA) is 106 Å². The molecular weight excluding hydrogens is 522 g/mol. The molecule has 0 radical (unpaired) electrons. The number of aldehydes is 1. The zero-order valence-electron chi connectivity index (χ0n) is 22.9. The maximum absolute atomic E-state index is 13.5. The molecule has 1 aliphatic rings. The molecule has 1 aliphatic heterocycles. The van der Waals surface area contributed by atoms with E-state index >= 15 is 0 Å². The van der Waals surface area contributed by atoms with E-state index in [2.05, 4.69) is 16.0 Å². The summed E-state index contributed by atoms with van der Waals surface area (Å²) < 4.78 is 32.5. The smallest absolute Gasteiger partial charge is 0.333 e.